The molecule has 2 aromatic carbocycles. The summed E-state index contributed by atoms with van der Waals surface area (Å²) in [7, 11) is 0. The first-order valence-electron chi connectivity index (χ1n) is 9.21. The van der Waals surface area contributed by atoms with E-state index in [0.29, 0.717) is 20.6 Å². The van der Waals surface area contributed by atoms with Crippen LogP contribution in [0.5, 0.6) is 0 Å². The average molecular weight is 515 g/mol. The number of nitro benzene ring substituents is 1. The van der Waals surface area contributed by atoms with E-state index in [1.807, 2.05) is 0 Å². The number of carbonyl (C=O) groups is 2. The van der Waals surface area contributed by atoms with Crippen LogP contribution in [0.1, 0.15) is 17.2 Å². The Hall–Kier alpha value is -3.56. The number of ketones is 1. The summed E-state index contributed by atoms with van der Waals surface area (Å²) < 4.78 is 0.672. The molecule has 0 saturated carbocycles. The number of rotatable bonds is 4. The summed E-state index contributed by atoms with van der Waals surface area (Å²) in [5.74, 6) is -1.97. The Morgan fingerprint density at radius 2 is 1.72 bits per heavy atom. The van der Waals surface area contributed by atoms with Gasteiger partial charge in [0.25, 0.3) is 11.5 Å². The van der Waals surface area contributed by atoms with Crippen molar-refractivity contribution in [1.29, 1.82) is 0 Å². The number of hydrogen-bond donors (Lipinski definition) is 1. The number of Topliss-reactive ketones (excluding diaryl/α,β-unsaturated/α-hetero) is 1. The van der Waals surface area contributed by atoms with Crippen molar-refractivity contribution in [3.63, 3.8) is 0 Å². The first kappa shape index (κ1) is 21.7. The topological polar surface area (TPSA) is 114 Å². The number of amides is 1. The van der Waals surface area contributed by atoms with Crippen LogP contribution in [0, 0.1) is 10.1 Å². The van der Waals surface area contributed by atoms with Gasteiger partial charge in [-0.15, -0.1) is 0 Å². The van der Waals surface area contributed by atoms with Crippen molar-refractivity contribution >= 4 is 56.5 Å². The van der Waals surface area contributed by atoms with Gasteiger partial charge < -0.3 is 5.11 Å². The largest absolute Gasteiger partial charge is 0.507 e. The minimum absolute atomic E-state index is 0.148. The first-order valence-corrected chi connectivity index (χ1v) is 10.4. The standard InChI is InChI=1S/C22H13BrClN3O5/c23-14-5-10-17(25-11-14)26-19(12-3-8-16(9-4-12)27(31)32)18(21(29)22(26)30)20(28)13-1-6-15(24)7-2-13/h1-11,19,28H/b20-18+/t19-/m1/s1. The molecule has 1 saturated heterocycles. The Balaban J connectivity index is 1.92. The van der Waals surface area contributed by atoms with Crippen molar-refractivity contribution in [3.05, 3.63) is 103 Å². The molecule has 1 atom stereocenters. The average Bonchev–Trinajstić information content (AvgIpc) is 3.05. The van der Waals surface area contributed by atoms with Gasteiger partial charge in [0.2, 0.25) is 0 Å². The monoisotopic (exact) mass is 513 g/mol. The molecule has 4 rings (SSSR count). The van der Waals surface area contributed by atoms with Crippen LogP contribution >= 0.6 is 27.5 Å². The van der Waals surface area contributed by atoms with E-state index < -0.39 is 22.7 Å². The number of hydrogen-bond acceptors (Lipinski definition) is 6. The molecule has 0 spiro atoms. The fourth-order valence-electron chi connectivity index (χ4n) is 3.44. The van der Waals surface area contributed by atoms with E-state index in [0.717, 1.165) is 4.90 Å². The summed E-state index contributed by atoms with van der Waals surface area (Å²) in [5.41, 5.74) is 0.388. The number of carbonyl (C=O) groups excluding carboxylic acids is 2. The lowest BCUT2D eigenvalue weighted by Gasteiger charge is -2.24. The summed E-state index contributed by atoms with van der Waals surface area (Å²) in [4.78, 5) is 41.9. The third-order valence-corrected chi connectivity index (χ3v) is 5.66. The number of aliphatic hydroxyl groups is 1. The molecule has 0 bridgehead atoms. The zero-order valence-electron chi connectivity index (χ0n) is 16.1. The van der Waals surface area contributed by atoms with Crippen LogP contribution in [-0.2, 0) is 9.59 Å². The van der Waals surface area contributed by atoms with Crippen molar-refractivity contribution in [1.82, 2.24) is 4.98 Å². The van der Waals surface area contributed by atoms with Crippen molar-refractivity contribution < 1.29 is 19.6 Å². The molecule has 0 radical (unpaired) electrons. The van der Waals surface area contributed by atoms with Crippen LogP contribution in [0.4, 0.5) is 11.5 Å². The normalized spacial score (nSPS) is 17.6. The summed E-state index contributed by atoms with van der Waals surface area (Å²) in [5, 5.41) is 22.5. The van der Waals surface area contributed by atoms with Crippen molar-refractivity contribution in [2.24, 2.45) is 0 Å². The summed E-state index contributed by atoms with van der Waals surface area (Å²) in [6.07, 6.45) is 1.47. The summed E-state index contributed by atoms with van der Waals surface area (Å²) >= 11 is 9.19. The van der Waals surface area contributed by atoms with Gasteiger partial charge in [-0.3, -0.25) is 24.6 Å². The van der Waals surface area contributed by atoms with Crippen molar-refractivity contribution in [2.45, 2.75) is 6.04 Å². The molecule has 1 fully saturated rings. The van der Waals surface area contributed by atoms with E-state index in [2.05, 4.69) is 20.9 Å². The van der Waals surface area contributed by atoms with E-state index in [1.165, 1.54) is 42.6 Å². The van der Waals surface area contributed by atoms with E-state index in [1.54, 1.807) is 24.3 Å². The SMILES string of the molecule is O=C1C(=O)N(c2ccc(Br)cn2)[C@H](c2ccc([N+](=O)[O-])cc2)/C1=C(\O)c1ccc(Cl)cc1. The van der Waals surface area contributed by atoms with Gasteiger partial charge in [-0.05, 0) is 70.0 Å². The predicted molar refractivity (Wildman–Crippen MR) is 121 cm³/mol. The quantitative estimate of drug-likeness (QED) is 0.172. The molecule has 3 aromatic rings. The Bertz CT molecular complexity index is 1260. The van der Waals surface area contributed by atoms with Crippen LogP contribution < -0.4 is 4.90 Å². The molecule has 32 heavy (non-hydrogen) atoms. The minimum atomic E-state index is -1.04. The van der Waals surface area contributed by atoms with Crippen LogP contribution in [0.2, 0.25) is 5.02 Å². The van der Waals surface area contributed by atoms with E-state index in [9.17, 15) is 24.8 Å². The number of benzene rings is 2. The highest BCUT2D eigenvalue weighted by atomic mass is 79.9. The summed E-state index contributed by atoms with van der Waals surface area (Å²) in [6, 6.07) is 13.7. The molecule has 1 N–H and O–H groups in total. The highest BCUT2D eigenvalue weighted by Gasteiger charge is 2.47. The Morgan fingerprint density at radius 3 is 2.28 bits per heavy atom. The molecule has 2 heterocycles. The molecule has 1 amide bonds. The van der Waals surface area contributed by atoms with E-state index >= 15 is 0 Å². The molecule has 1 aliphatic heterocycles. The fraction of sp³-hybridized carbons (Fsp3) is 0.0455. The maximum atomic E-state index is 13.0. The number of non-ortho nitro benzene ring substituents is 1. The fourth-order valence-corrected chi connectivity index (χ4v) is 3.80. The van der Waals surface area contributed by atoms with Gasteiger partial charge in [-0.1, -0.05) is 11.6 Å². The highest BCUT2D eigenvalue weighted by Crippen LogP contribution is 2.42. The lowest BCUT2D eigenvalue weighted by molar-refractivity contribution is -0.384. The molecule has 160 valence electrons. The smallest absolute Gasteiger partial charge is 0.301 e. The predicted octanol–water partition coefficient (Wildman–Crippen LogP) is 5.03. The second kappa shape index (κ2) is 8.52. The molecule has 0 aliphatic carbocycles. The third kappa shape index (κ3) is 3.88. The van der Waals surface area contributed by atoms with Crippen LogP contribution in [0.15, 0.2) is 76.9 Å². The summed E-state index contributed by atoms with van der Waals surface area (Å²) in [6.45, 7) is 0. The van der Waals surface area contributed by atoms with E-state index in [4.69, 9.17) is 11.6 Å². The zero-order chi connectivity index (χ0) is 23.0. The second-order valence-corrected chi connectivity index (χ2v) is 8.21. The van der Waals surface area contributed by atoms with Gasteiger partial charge in [-0.25, -0.2) is 4.98 Å². The molecule has 1 aliphatic rings. The third-order valence-electron chi connectivity index (χ3n) is 4.94. The Kier molecular flexibility index (Phi) is 5.77. The Labute approximate surface area is 195 Å². The number of pyridine rings is 1. The number of aromatic nitrogens is 1. The molecular formula is C22H13BrClN3O5. The minimum Gasteiger partial charge on any atom is -0.507 e. The molecule has 10 heteroatoms. The van der Waals surface area contributed by atoms with Crippen LogP contribution in [0.25, 0.3) is 5.76 Å². The maximum absolute atomic E-state index is 13.0. The van der Waals surface area contributed by atoms with Crippen LogP contribution in [-0.4, -0.2) is 26.7 Å². The number of nitro groups is 1. The van der Waals surface area contributed by atoms with Gasteiger partial charge in [0, 0.05) is 33.4 Å². The van der Waals surface area contributed by atoms with Crippen molar-refractivity contribution in [3.8, 4) is 0 Å². The van der Waals surface area contributed by atoms with Crippen LogP contribution in [0.3, 0.4) is 0 Å². The number of nitrogens with zero attached hydrogens (tertiary/aromatic N) is 3. The first-order chi connectivity index (χ1) is 15.3. The van der Waals surface area contributed by atoms with Gasteiger partial charge in [-0.2, -0.15) is 0 Å². The van der Waals surface area contributed by atoms with Gasteiger partial charge >= 0.3 is 5.91 Å². The van der Waals surface area contributed by atoms with Gasteiger partial charge in [0.05, 0.1) is 16.5 Å². The van der Waals surface area contributed by atoms with Crippen molar-refractivity contribution in [2.75, 3.05) is 4.90 Å². The highest BCUT2D eigenvalue weighted by molar-refractivity contribution is 9.10. The second-order valence-electron chi connectivity index (χ2n) is 6.86. The number of halogens is 2. The lowest BCUT2D eigenvalue weighted by atomic mass is 9.95. The lowest BCUT2D eigenvalue weighted by Crippen LogP contribution is -2.30. The molecule has 1 aromatic heterocycles. The molecule has 8 nitrogen and oxygen atoms in total. The molecule has 0 unspecified atom stereocenters. The zero-order valence-corrected chi connectivity index (χ0v) is 18.4. The Morgan fingerprint density at radius 1 is 1.06 bits per heavy atom. The number of aliphatic hydroxyl groups excluding tert-OH is 1. The van der Waals surface area contributed by atoms with Gasteiger partial charge in [0.1, 0.15) is 11.6 Å². The van der Waals surface area contributed by atoms with Gasteiger partial charge in [0.15, 0.2) is 0 Å². The molecular weight excluding hydrogens is 502 g/mol. The van der Waals surface area contributed by atoms with E-state index in [-0.39, 0.29) is 22.8 Å². The maximum Gasteiger partial charge on any atom is 0.301 e. The number of anilines is 1.